The molecule has 0 atom stereocenters. The summed E-state index contributed by atoms with van der Waals surface area (Å²) in [6, 6.07) is 0. The molecule has 0 saturated carbocycles. The summed E-state index contributed by atoms with van der Waals surface area (Å²) in [6.45, 7) is -0.404. The van der Waals surface area contributed by atoms with E-state index in [-0.39, 0.29) is 28.5 Å². The van der Waals surface area contributed by atoms with Gasteiger partial charge in [0.25, 0.3) is 6.43 Å². The standard InChI is InChI=1S/C9H10ClF2NO2/c1-15-8-5(4-14)3-13-6(2-10)7(8)9(11)12/h3,9,14H,2,4H2,1H3. The molecule has 0 aliphatic heterocycles. The van der Waals surface area contributed by atoms with Crippen LogP contribution >= 0.6 is 11.6 Å². The van der Waals surface area contributed by atoms with E-state index in [4.69, 9.17) is 21.4 Å². The predicted octanol–water partition coefficient (Wildman–Crippen LogP) is 2.26. The minimum Gasteiger partial charge on any atom is -0.496 e. The van der Waals surface area contributed by atoms with Crippen LogP contribution < -0.4 is 4.74 Å². The predicted molar refractivity (Wildman–Crippen MR) is 51.2 cm³/mol. The smallest absolute Gasteiger partial charge is 0.269 e. The van der Waals surface area contributed by atoms with Gasteiger partial charge >= 0.3 is 0 Å². The summed E-state index contributed by atoms with van der Waals surface area (Å²) in [7, 11) is 1.26. The molecule has 0 radical (unpaired) electrons. The fraction of sp³-hybridized carbons (Fsp3) is 0.444. The highest BCUT2D eigenvalue weighted by Crippen LogP contribution is 2.34. The molecule has 0 fully saturated rings. The van der Waals surface area contributed by atoms with E-state index in [1.165, 1.54) is 13.3 Å². The Labute approximate surface area is 90.7 Å². The van der Waals surface area contributed by atoms with Crippen molar-refractivity contribution in [2.45, 2.75) is 18.9 Å². The number of ether oxygens (including phenoxy) is 1. The number of nitrogens with zero attached hydrogens (tertiary/aromatic N) is 1. The van der Waals surface area contributed by atoms with Gasteiger partial charge in [0.05, 0.1) is 30.9 Å². The van der Waals surface area contributed by atoms with Crippen LogP contribution in [0.3, 0.4) is 0 Å². The van der Waals surface area contributed by atoms with Crippen molar-refractivity contribution in [1.29, 1.82) is 0 Å². The first-order valence-electron chi connectivity index (χ1n) is 4.15. The van der Waals surface area contributed by atoms with Crippen molar-refractivity contribution < 1.29 is 18.6 Å². The lowest BCUT2D eigenvalue weighted by molar-refractivity contribution is 0.144. The molecule has 1 aromatic rings. The van der Waals surface area contributed by atoms with E-state index >= 15 is 0 Å². The minimum absolute atomic E-state index is 0.0434. The molecule has 15 heavy (non-hydrogen) atoms. The number of rotatable bonds is 4. The average Bonchev–Trinajstić information content (AvgIpc) is 2.26. The van der Waals surface area contributed by atoms with E-state index in [1.54, 1.807) is 0 Å². The lowest BCUT2D eigenvalue weighted by atomic mass is 10.1. The van der Waals surface area contributed by atoms with E-state index in [0.717, 1.165) is 0 Å². The molecule has 0 aliphatic carbocycles. The number of aliphatic hydroxyl groups is 1. The van der Waals surface area contributed by atoms with Gasteiger partial charge in [-0.1, -0.05) is 0 Å². The normalized spacial score (nSPS) is 10.8. The number of aliphatic hydroxyl groups excluding tert-OH is 1. The summed E-state index contributed by atoms with van der Waals surface area (Å²) in [5.41, 5.74) is -0.0542. The van der Waals surface area contributed by atoms with Crippen molar-refractivity contribution in [3.63, 3.8) is 0 Å². The van der Waals surface area contributed by atoms with Crippen molar-refractivity contribution in [2.24, 2.45) is 0 Å². The van der Waals surface area contributed by atoms with Crippen molar-refractivity contribution >= 4 is 11.6 Å². The molecular weight excluding hydrogens is 228 g/mol. The molecule has 3 nitrogen and oxygen atoms in total. The van der Waals surface area contributed by atoms with Gasteiger partial charge < -0.3 is 9.84 Å². The third kappa shape index (κ3) is 2.35. The largest absolute Gasteiger partial charge is 0.496 e. The third-order valence-corrected chi connectivity index (χ3v) is 2.20. The molecule has 0 amide bonds. The zero-order chi connectivity index (χ0) is 11.4. The maximum Gasteiger partial charge on any atom is 0.269 e. The third-order valence-electron chi connectivity index (χ3n) is 1.94. The van der Waals surface area contributed by atoms with E-state index in [9.17, 15) is 8.78 Å². The number of hydrogen-bond donors (Lipinski definition) is 1. The summed E-state index contributed by atoms with van der Waals surface area (Å²) in [6.07, 6.45) is -1.45. The number of alkyl halides is 3. The first-order valence-corrected chi connectivity index (χ1v) is 4.68. The maximum atomic E-state index is 12.7. The van der Waals surface area contributed by atoms with Crippen LogP contribution in [-0.4, -0.2) is 17.2 Å². The maximum absolute atomic E-state index is 12.7. The Hall–Kier alpha value is -0.940. The molecule has 1 N–H and O–H groups in total. The minimum atomic E-state index is -2.73. The fourth-order valence-corrected chi connectivity index (χ4v) is 1.49. The SMILES string of the molecule is COc1c(CO)cnc(CCl)c1C(F)F. The summed E-state index contributed by atoms with van der Waals surface area (Å²) >= 11 is 5.49. The number of pyridine rings is 1. The summed E-state index contributed by atoms with van der Waals surface area (Å²) < 4.78 is 30.3. The van der Waals surface area contributed by atoms with Gasteiger partial charge in [0.1, 0.15) is 5.75 Å². The molecule has 0 aliphatic rings. The zero-order valence-corrected chi connectivity index (χ0v) is 8.76. The highest BCUT2D eigenvalue weighted by Gasteiger charge is 2.22. The van der Waals surface area contributed by atoms with Crippen LogP contribution in [0.25, 0.3) is 0 Å². The molecule has 0 bridgehead atoms. The molecule has 0 aromatic carbocycles. The van der Waals surface area contributed by atoms with Gasteiger partial charge in [0.15, 0.2) is 0 Å². The van der Waals surface area contributed by atoms with E-state index in [0.29, 0.717) is 0 Å². The Kier molecular flexibility index (Phi) is 4.23. The molecular formula is C9H10ClF2NO2. The Morgan fingerprint density at radius 1 is 1.60 bits per heavy atom. The van der Waals surface area contributed by atoms with Crippen LogP contribution in [0.15, 0.2) is 6.20 Å². The van der Waals surface area contributed by atoms with E-state index in [1.807, 2.05) is 0 Å². The quantitative estimate of drug-likeness (QED) is 0.817. The molecule has 0 saturated heterocycles. The van der Waals surface area contributed by atoms with Gasteiger partial charge in [-0.2, -0.15) is 0 Å². The van der Waals surface area contributed by atoms with Gasteiger partial charge in [-0.05, 0) is 0 Å². The summed E-state index contributed by atoms with van der Waals surface area (Å²) in [5, 5.41) is 8.92. The average molecular weight is 238 g/mol. The van der Waals surface area contributed by atoms with Gasteiger partial charge in [-0.3, -0.25) is 4.98 Å². The lowest BCUT2D eigenvalue weighted by Crippen LogP contribution is -2.04. The second-order valence-electron chi connectivity index (χ2n) is 2.77. The van der Waals surface area contributed by atoms with Crippen LogP contribution in [0.5, 0.6) is 5.75 Å². The van der Waals surface area contributed by atoms with Crippen molar-refractivity contribution in [3.8, 4) is 5.75 Å². The van der Waals surface area contributed by atoms with Crippen molar-refractivity contribution in [3.05, 3.63) is 23.0 Å². The van der Waals surface area contributed by atoms with Gasteiger partial charge in [-0.15, -0.1) is 11.6 Å². The number of methoxy groups -OCH3 is 1. The number of aromatic nitrogens is 1. The highest BCUT2D eigenvalue weighted by molar-refractivity contribution is 6.17. The van der Waals surface area contributed by atoms with Crippen LogP contribution in [-0.2, 0) is 12.5 Å². The van der Waals surface area contributed by atoms with Gasteiger partial charge in [-0.25, -0.2) is 8.78 Å². The monoisotopic (exact) mass is 237 g/mol. The summed E-state index contributed by atoms with van der Waals surface area (Å²) in [5.74, 6) is -0.167. The lowest BCUT2D eigenvalue weighted by Gasteiger charge is -2.14. The van der Waals surface area contributed by atoms with Gasteiger partial charge in [0.2, 0.25) is 0 Å². The molecule has 84 valence electrons. The Bertz CT molecular complexity index is 347. The molecule has 1 heterocycles. The molecule has 6 heteroatoms. The highest BCUT2D eigenvalue weighted by atomic mass is 35.5. The first kappa shape index (κ1) is 12.1. The summed E-state index contributed by atoms with van der Waals surface area (Å²) in [4.78, 5) is 3.75. The molecule has 1 rings (SSSR count). The van der Waals surface area contributed by atoms with Gasteiger partial charge in [0, 0.05) is 11.8 Å². The molecule has 0 unspecified atom stereocenters. The van der Waals surface area contributed by atoms with E-state index < -0.39 is 13.0 Å². The Morgan fingerprint density at radius 3 is 2.67 bits per heavy atom. The first-order chi connectivity index (χ1) is 7.15. The van der Waals surface area contributed by atoms with Crippen LogP contribution in [0, 0.1) is 0 Å². The van der Waals surface area contributed by atoms with Crippen LogP contribution in [0.2, 0.25) is 0 Å². The second kappa shape index (κ2) is 5.23. The Morgan fingerprint density at radius 2 is 2.27 bits per heavy atom. The number of hydrogen-bond acceptors (Lipinski definition) is 3. The van der Waals surface area contributed by atoms with Crippen LogP contribution in [0.4, 0.5) is 8.78 Å². The second-order valence-corrected chi connectivity index (χ2v) is 3.04. The van der Waals surface area contributed by atoms with Crippen LogP contribution in [0.1, 0.15) is 23.2 Å². The number of halogens is 3. The molecule has 0 spiro atoms. The van der Waals surface area contributed by atoms with Crippen molar-refractivity contribution in [1.82, 2.24) is 4.98 Å². The molecule has 1 aromatic heterocycles. The zero-order valence-electron chi connectivity index (χ0n) is 8.01. The van der Waals surface area contributed by atoms with E-state index in [2.05, 4.69) is 4.98 Å². The fourth-order valence-electron chi connectivity index (χ4n) is 1.27. The topological polar surface area (TPSA) is 42.4 Å². The Balaban J connectivity index is 3.37. The van der Waals surface area contributed by atoms with Crippen molar-refractivity contribution in [2.75, 3.05) is 7.11 Å².